The molecule has 0 aliphatic carbocycles. The summed E-state index contributed by atoms with van der Waals surface area (Å²) in [6.45, 7) is 1.98. The summed E-state index contributed by atoms with van der Waals surface area (Å²) in [7, 11) is 0. The van der Waals surface area contributed by atoms with Crippen molar-refractivity contribution in [3.63, 3.8) is 0 Å². The van der Waals surface area contributed by atoms with Gasteiger partial charge in [0.15, 0.2) is 5.82 Å². The second kappa shape index (κ2) is 8.55. The molecule has 0 bridgehead atoms. The van der Waals surface area contributed by atoms with Gasteiger partial charge in [-0.25, -0.2) is 9.97 Å². The van der Waals surface area contributed by atoms with Crippen LogP contribution >= 0.6 is 23.2 Å². The lowest BCUT2D eigenvalue weighted by molar-refractivity contribution is -0.137. The zero-order chi connectivity index (χ0) is 22.2. The van der Waals surface area contributed by atoms with Crippen LogP contribution < -0.4 is 15.8 Å². The predicted molar refractivity (Wildman–Crippen MR) is 115 cm³/mol. The monoisotopic (exact) mass is 471 g/mol. The zero-order valence-corrected chi connectivity index (χ0v) is 17.7. The molecule has 0 amide bonds. The Hall–Kier alpha value is -2.52. The minimum Gasteiger partial charge on any atom is -0.367 e. The third-order valence-electron chi connectivity index (χ3n) is 5.09. The Morgan fingerprint density at radius 3 is 2.55 bits per heavy atom. The third-order valence-corrected chi connectivity index (χ3v) is 5.62. The number of nitrogens with zero attached hydrogens (tertiary/aromatic N) is 4. The molecule has 11 heteroatoms. The molecule has 0 spiro atoms. The molecule has 4 rings (SSSR count). The number of anilines is 2. The van der Waals surface area contributed by atoms with Gasteiger partial charge in [0.25, 0.3) is 5.56 Å². The van der Waals surface area contributed by atoms with Crippen LogP contribution in [0.1, 0.15) is 18.4 Å². The van der Waals surface area contributed by atoms with Gasteiger partial charge in [-0.05, 0) is 37.1 Å². The summed E-state index contributed by atoms with van der Waals surface area (Å²) in [5.41, 5.74) is 0.0573. The van der Waals surface area contributed by atoms with Crippen LogP contribution in [0.5, 0.6) is 0 Å². The Bertz CT molecular complexity index is 1180. The fourth-order valence-corrected chi connectivity index (χ4v) is 3.97. The number of hydrogen-bond acceptors (Lipinski definition) is 5. The van der Waals surface area contributed by atoms with Gasteiger partial charge < -0.3 is 14.8 Å². The first-order valence-corrected chi connectivity index (χ1v) is 10.4. The van der Waals surface area contributed by atoms with E-state index in [1.54, 1.807) is 22.8 Å². The lowest BCUT2D eigenvalue weighted by Crippen LogP contribution is -2.33. The van der Waals surface area contributed by atoms with E-state index in [4.69, 9.17) is 23.2 Å². The highest BCUT2D eigenvalue weighted by molar-refractivity contribution is 6.33. The normalized spacial score (nSPS) is 14.4. The molecule has 1 N–H and O–H groups in total. The Kier molecular flexibility index (Phi) is 5.98. The van der Waals surface area contributed by atoms with Crippen molar-refractivity contribution < 1.29 is 13.2 Å². The number of aromatic nitrogens is 3. The first-order chi connectivity index (χ1) is 14.7. The molecular formula is C20H18Cl2F3N5O. The maximum absolute atomic E-state index is 13.2. The van der Waals surface area contributed by atoms with Gasteiger partial charge in [0.05, 0.1) is 21.6 Å². The van der Waals surface area contributed by atoms with Crippen LogP contribution in [0.25, 0.3) is 11.0 Å². The van der Waals surface area contributed by atoms with Crippen molar-refractivity contribution in [3.05, 3.63) is 56.4 Å². The molecule has 6 nitrogen and oxygen atoms in total. The van der Waals surface area contributed by atoms with Crippen LogP contribution in [0.3, 0.4) is 0 Å². The topological polar surface area (TPSA) is 63.1 Å². The van der Waals surface area contributed by atoms with E-state index in [0.717, 1.165) is 38.2 Å². The lowest BCUT2D eigenvalue weighted by atomic mass is 10.2. The Morgan fingerprint density at radius 1 is 1.13 bits per heavy atom. The molecule has 2 aromatic heterocycles. The smallest absolute Gasteiger partial charge is 0.367 e. The van der Waals surface area contributed by atoms with E-state index in [9.17, 15) is 18.0 Å². The van der Waals surface area contributed by atoms with Crippen molar-refractivity contribution in [2.75, 3.05) is 29.9 Å². The SMILES string of the molecule is O=c1c(N2CCCC2)nc2cc(Cl)ccc2n1CCNc1ncc(C(F)(F)F)cc1Cl. The molecule has 0 atom stereocenters. The minimum absolute atomic E-state index is 0.115. The summed E-state index contributed by atoms with van der Waals surface area (Å²) in [6.07, 6.45) is -1.82. The summed E-state index contributed by atoms with van der Waals surface area (Å²) in [5.74, 6) is 0.488. The van der Waals surface area contributed by atoms with E-state index in [2.05, 4.69) is 15.3 Å². The average molecular weight is 472 g/mol. The van der Waals surface area contributed by atoms with Gasteiger partial charge in [0, 0.05) is 37.4 Å². The van der Waals surface area contributed by atoms with Crippen LogP contribution in [0, 0.1) is 0 Å². The van der Waals surface area contributed by atoms with Gasteiger partial charge in [0.1, 0.15) is 5.82 Å². The van der Waals surface area contributed by atoms with E-state index < -0.39 is 11.7 Å². The Balaban J connectivity index is 1.61. The summed E-state index contributed by atoms with van der Waals surface area (Å²) < 4.78 is 39.9. The number of nitrogens with one attached hydrogen (secondary N) is 1. The molecule has 1 saturated heterocycles. The quantitative estimate of drug-likeness (QED) is 0.577. The molecular weight excluding hydrogens is 454 g/mol. The molecule has 0 radical (unpaired) electrons. The Labute approximate surface area is 185 Å². The molecule has 31 heavy (non-hydrogen) atoms. The number of fused-ring (bicyclic) bond motifs is 1. The number of benzene rings is 1. The van der Waals surface area contributed by atoms with Crippen molar-refractivity contribution in [1.82, 2.24) is 14.5 Å². The van der Waals surface area contributed by atoms with Gasteiger partial charge in [-0.1, -0.05) is 23.2 Å². The maximum Gasteiger partial charge on any atom is 0.417 e. The standard InChI is InChI=1S/C20H18Cl2F3N5O/c21-13-3-4-16-15(10-13)28-18(29-6-1-2-7-29)19(31)30(16)8-5-26-17-14(22)9-12(11-27-17)20(23,24)25/h3-4,9-11H,1-2,5-8H2,(H,26,27). The molecule has 1 aliphatic heterocycles. The van der Waals surface area contributed by atoms with Crippen molar-refractivity contribution >= 4 is 45.9 Å². The molecule has 3 aromatic rings. The molecule has 164 valence electrons. The largest absolute Gasteiger partial charge is 0.417 e. The zero-order valence-electron chi connectivity index (χ0n) is 16.2. The average Bonchev–Trinajstić information content (AvgIpc) is 3.24. The molecule has 0 saturated carbocycles. The number of halogens is 5. The molecule has 3 heterocycles. The summed E-state index contributed by atoms with van der Waals surface area (Å²) in [5, 5.41) is 3.27. The predicted octanol–water partition coefficient (Wildman–Crippen LogP) is 4.83. The minimum atomic E-state index is -4.52. The van der Waals surface area contributed by atoms with Crippen LogP contribution in [-0.4, -0.2) is 34.2 Å². The van der Waals surface area contributed by atoms with E-state index in [0.29, 0.717) is 21.9 Å². The molecule has 0 unspecified atom stereocenters. The fourth-order valence-electron chi connectivity index (χ4n) is 3.57. The highest BCUT2D eigenvalue weighted by Gasteiger charge is 2.31. The van der Waals surface area contributed by atoms with Gasteiger partial charge >= 0.3 is 6.18 Å². The first-order valence-electron chi connectivity index (χ1n) is 9.66. The van der Waals surface area contributed by atoms with E-state index in [1.807, 2.05) is 4.90 Å². The fraction of sp³-hybridized carbons (Fsp3) is 0.350. The van der Waals surface area contributed by atoms with Crippen LogP contribution in [0.2, 0.25) is 10.0 Å². The number of pyridine rings is 1. The third kappa shape index (κ3) is 4.57. The van der Waals surface area contributed by atoms with Crippen LogP contribution in [-0.2, 0) is 12.7 Å². The van der Waals surface area contributed by atoms with Gasteiger partial charge in [-0.15, -0.1) is 0 Å². The van der Waals surface area contributed by atoms with Crippen molar-refractivity contribution in [3.8, 4) is 0 Å². The first kappa shape index (κ1) is 21.7. The van der Waals surface area contributed by atoms with Crippen molar-refractivity contribution in [2.45, 2.75) is 25.6 Å². The molecule has 1 fully saturated rings. The second-order valence-corrected chi connectivity index (χ2v) is 8.04. The number of rotatable bonds is 5. The number of hydrogen-bond donors (Lipinski definition) is 1. The summed E-state index contributed by atoms with van der Waals surface area (Å²) in [6, 6.07) is 5.93. The molecule has 1 aromatic carbocycles. The van der Waals surface area contributed by atoms with E-state index in [-0.39, 0.29) is 29.5 Å². The van der Waals surface area contributed by atoms with Crippen LogP contribution in [0.4, 0.5) is 24.8 Å². The highest BCUT2D eigenvalue weighted by atomic mass is 35.5. The van der Waals surface area contributed by atoms with Crippen molar-refractivity contribution in [2.24, 2.45) is 0 Å². The van der Waals surface area contributed by atoms with E-state index in [1.165, 1.54) is 0 Å². The second-order valence-electron chi connectivity index (χ2n) is 7.20. The Morgan fingerprint density at radius 2 is 1.87 bits per heavy atom. The maximum atomic E-state index is 13.2. The van der Waals surface area contributed by atoms with Gasteiger partial charge in [0.2, 0.25) is 0 Å². The summed E-state index contributed by atoms with van der Waals surface area (Å²) >= 11 is 12.1. The summed E-state index contributed by atoms with van der Waals surface area (Å²) in [4.78, 5) is 23.4. The van der Waals surface area contributed by atoms with Crippen LogP contribution in [0.15, 0.2) is 35.3 Å². The molecule has 1 aliphatic rings. The lowest BCUT2D eigenvalue weighted by Gasteiger charge is -2.19. The van der Waals surface area contributed by atoms with Gasteiger partial charge in [-0.2, -0.15) is 13.2 Å². The van der Waals surface area contributed by atoms with E-state index >= 15 is 0 Å². The number of alkyl halides is 3. The van der Waals surface area contributed by atoms with Gasteiger partial charge in [-0.3, -0.25) is 4.79 Å². The highest BCUT2D eigenvalue weighted by Crippen LogP contribution is 2.32. The van der Waals surface area contributed by atoms with Crippen molar-refractivity contribution in [1.29, 1.82) is 0 Å².